The number of rotatable bonds is 7. The van der Waals surface area contributed by atoms with Crippen molar-refractivity contribution in [1.29, 1.82) is 0 Å². The molecule has 6 nitrogen and oxygen atoms in total. The highest BCUT2D eigenvalue weighted by Gasteiger charge is 2.17. The molecule has 0 unspecified atom stereocenters. The molecule has 1 atom stereocenters. The van der Waals surface area contributed by atoms with E-state index in [0.717, 1.165) is 18.6 Å². The molecular formula is C15H18BrFN2O4. The van der Waals surface area contributed by atoms with Gasteiger partial charge >= 0.3 is 5.97 Å². The van der Waals surface area contributed by atoms with Gasteiger partial charge in [0.15, 0.2) is 6.61 Å². The van der Waals surface area contributed by atoms with Gasteiger partial charge in [0.05, 0.1) is 5.56 Å². The Morgan fingerprint density at radius 3 is 2.65 bits per heavy atom. The predicted octanol–water partition coefficient (Wildman–Crippen LogP) is 1.78. The number of nitrogens with one attached hydrogen (secondary N) is 2. The Kier molecular flexibility index (Phi) is 7.67. The zero-order valence-corrected chi connectivity index (χ0v) is 14.4. The molecule has 1 rings (SSSR count). The van der Waals surface area contributed by atoms with E-state index in [9.17, 15) is 18.8 Å². The van der Waals surface area contributed by atoms with Gasteiger partial charge in [-0.2, -0.15) is 0 Å². The van der Waals surface area contributed by atoms with Crippen LogP contribution in [0.2, 0.25) is 0 Å². The van der Waals surface area contributed by atoms with Crippen LogP contribution in [-0.4, -0.2) is 37.0 Å². The van der Waals surface area contributed by atoms with Crippen molar-refractivity contribution in [3.63, 3.8) is 0 Å². The fourth-order valence-corrected chi connectivity index (χ4v) is 2.13. The molecule has 0 radical (unpaired) electrons. The van der Waals surface area contributed by atoms with Gasteiger partial charge in [-0.15, -0.1) is 0 Å². The van der Waals surface area contributed by atoms with Gasteiger partial charge in [0, 0.05) is 11.0 Å². The number of benzene rings is 1. The molecule has 126 valence electrons. The summed E-state index contributed by atoms with van der Waals surface area (Å²) >= 11 is 3.04. The number of esters is 1. The van der Waals surface area contributed by atoms with Gasteiger partial charge in [-0.1, -0.05) is 6.92 Å². The number of amides is 2. The second kappa shape index (κ2) is 9.24. The van der Waals surface area contributed by atoms with Crippen molar-refractivity contribution in [2.45, 2.75) is 26.3 Å². The summed E-state index contributed by atoms with van der Waals surface area (Å²) in [5, 5.41) is 5.06. The van der Waals surface area contributed by atoms with E-state index in [-0.39, 0.29) is 15.9 Å². The quantitative estimate of drug-likeness (QED) is 0.697. The second-order valence-electron chi connectivity index (χ2n) is 4.78. The third-order valence-electron chi connectivity index (χ3n) is 2.81. The standard InChI is InChI=1S/C15H18BrFN2O4/c1-3-6-18-14(21)9(2)19-13(20)8-23-15(22)11-5-4-10(17)7-12(11)16/h4-5,7,9H,3,6,8H2,1-2H3,(H,18,21)(H,19,20)/t9-/m1/s1. The van der Waals surface area contributed by atoms with Crippen LogP contribution in [0.15, 0.2) is 22.7 Å². The van der Waals surface area contributed by atoms with Gasteiger partial charge in [0.1, 0.15) is 11.9 Å². The normalized spacial score (nSPS) is 11.5. The summed E-state index contributed by atoms with van der Waals surface area (Å²) in [6.45, 7) is 3.43. The smallest absolute Gasteiger partial charge is 0.339 e. The molecule has 0 aliphatic rings. The predicted molar refractivity (Wildman–Crippen MR) is 85.3 cm³/mol. The Balaban J connectivity index is 2.46. The van der Waals surface area contributed by atoms with Crippen molar-refractivity contribution >= 4 is 33.7 Å². The molecule has 2 N–H and O–H groups in total. The van der Waals surface area contributed by atoms with Crippen LogP contribution in [0, 0.1) is 5.82 Å². The largest absolute Gasteiger partial charge is 0.452 e. The second-order valence-corrected chi connectivity index (χ2v) is 5.63. The molecule has 0 heterocycles. The van der Waals surface area contributed by atoms with Gasteiger partial charge in [-0.25, -0.2) is 9.18 Å². The Hall–Kier alpha value is -1.96. The van der Waals surface area contributed by atoms with Gasteiger partial charge in [-0.3, -0.25) is 9.59 Å². The molecule has 0 aliphatic carbocycles. The van der Waals surface area contributed by atoms with Gasteiger partial charge in [0.2, 0.25) is 5.91 Å². The average molecular weight is 389 g/mol. The monoisotopic (exact) mass is 388 g/mol. The summed E-state index contributed by atoms with van der Waals surface area (Å²) < 4.78 is 18.0. The lowest BCUT2D eigenvalue weighted by atomic mass is 10.2. The molecule has 1 aromatic rings. The minimum atomic E-state index is -0.768. The Morgan fingerprint density at radius 2 is 2.04 bits per heavy atom. The van der Waals surface area contributed by atoms with Crippen molar-refractivity contribution in [1.82, 2.24) is 10.6 Å². The first kappa shape index (κ1) is 19.1. The van der Waals surface area contributed by atoms with Crippen LogP contribution < -0.4 is 10.6 Å². The van der Waals surface area contributed by atoms with E-state index in [1.165, 1.54) is 13.0 Å². The van der Waals surface area contributed by atoms with Crippen molar-refractivity contribution in [3.8, 4) is 0 Å². The lowest BCUT2D eigenvalue weighted by Gasteiger charge is -2.14. The molecule has 2 amide bonds. The molecule has 23 heavy (non-hydrogen) atoms. The van der Waals surface area contributed by atoms with Gasteiger partial charge in [-0.05, 0) is 47.5 Å². The van der Waals surface area contributed by atoms with E-state index in [4.69, 9.17) is 4.74 Å². The lowest BCUT2D eigenvalue weighted by molar-refractivity contribution is -0.130. The molecule has 0 fully saturated rings. The molecule has 0 saturated carbocycles. The molecule has 8 heteroatoms. The van der Waals surface area contributed by atoms with Gasteiger partial charge < -0.3 is 15.4 Å². The highest BCUT2D eigenvalue weighted by molar-refractivity contribution is 9.10. The van der Waals surface area contributed by atoms with E-state index >= 15 is 0 Å². The van der Waals surface area contributed by atoms with Gasteiger partial charge in [0.25, 0.3) is 5.91 Å². The van der Waals surface area contributed by atoms with Crippen LogP contribution in [0.5, 0.6) is 0 Å². The number of carbonyl (C=O) groups excluding carboxylic acids is 3. The van der Waals surface area contributed by atoms with Crippen molar-refractivity contribution in [2.24, 2.45) is 0 Å². The Morgan fingerprint density at radius 1 is 1.35 bits per heavy atom. The van der Waals surface area contributed by atoms with E-state index in [1.54, 1.807) is 0 Å². The SMILES string of the molecule is CCCNC(=O)[C@@H](C)NC(=O)COC(=O)c1ccc(F)cc1Br. The minimum Gasteiger partial charge on any atom is -0.452 e. The van der Waals surface area contributed by atoms with Crippen molar-refractivity contribution in [3.05, 3.63) is 34.1 Å². The highest BCUT2D eigenvalue weighted by Crippen LogP contribution is 2.18. The number of carbonyl (C=O) groups is 3. The minimum absolute atomic E-state index is 0.105. The summed E-state index contributed by atoms with van der Waals surface area (Å²) in [5.41, 5.74) is 0.105. The zero-order valence-electron chi connectivity index (χ0n) is 12.8. The Bertz CT molecular complexity index is 595. The molecule has 0 spiro atoms. The lowest BCUT2D eigenvalue weighted by Crippen LogP contribution is -2.46. The number of hydrogen-bond donors (Lipinski definition) is 2. The maximum Gasteiger partial charge on any atom is 0.339 e. The molecular weight excluding hydrogens is 371 g/mol. The average Bonchev–Trinajstić information content (AvgIpc) is 2.50. The number of ether oxygens (including phenoxy) is 1. The molecule has 0 bridgehead atoms. The summed E-state index contributed by atoms with van der Waals surface area (Å²) in [6.07, 6.45) is 0.788. The van der Waals surface area contributed by atoms with Crippen LogP contribution in [-0.2, 0) is 14.3 Å². The number of halogens is 2. The zero-order chi connectivity index (χ0) is 17.4. The molecule has 0 aliphatic heterocycles. The van der Waals surface area contributed by atoms with Crippen molar-refractivity contribution in [2.75, 3.05) is 13.2 Å². The Labute approximate surface area is 141 Å². The highest BCUT2D eigenvalue weighted by atomic mass is 79.9. The molecule has 0 aromatic heterocycles. The molecule has 1 aromatic carbocycles. The third kappa shape index (κ3) is 6.35. The fraction of sp³-hybridized carbons (Fsp3) is 0.400. The van der Waals surface area contributed by atoms with E-state index in [0.29, 0.717) is 6.54 Å². The van der Waals surface area contributed by atoms with Crippen molar-refractivity contribution < 1.29 is 23.5 Å². The summed E-state index contributed by atoms with van der Waals surface area (Å²) in [7, 11) is 0. The topological polar surface area (TPSA) is 84.5 Å². The molecule has 0 saturated heterocycles. The maximum absolute atomic E-state index is 12.9. The first-order chi connectivity index (χ1) is 10.8. The summed E-state index contributed by atoms with van der Waals surface area (Å²) in [5.74, 6) is -2.18. The number of hydrogen-bond acceptors (Lipinski definition) is 4. The van der Waals surface area contributed by atoms with E-state index < -0.39 is 30.3 Å². The third-order valence-corrected chi connectivity index (χ3v) is 3.46. The first-order valence-electron chi connectivity index (χ1n) is 7.04. The fourth-order valence-electron chi connectivity index (χ4n) is 1.61. The van der Waals surface area contributed by atoms with Crippen LogP contribution in [0.25, 0.3) is 0 Å². The van der Waals surface area contributed by atoms with E-state index in [1.807, 2.05) is 6.92 Å². The van der Waals surface area contributed by atoms with Crippen LogP contribution in [0.1, 0.15) is 30.6 Å². The maximum atomic E-state index is 12.9. The summed E-state index contributed by atoms with van der Waals surface area (Å²) in [4.78, 5) is 35.1. The van der Waals surface area contributed by atoms with E-state index in [2.05, 4.69) is 26.6 Å². The van der Waals surface area contributed by atoms with Crippen LogP contribution in [0.4, 0.5) is 4.39 Å². The van der Waals surface area contributed by atoms with Crippen LogP contribution in [0.3, 0.4) is 0 Å². The van der Waals surface area contributed by atoms with Crippen LogP contribution >= 0.6 is 15.9 Å². The summed E-state index contributed by atoms with van der Waals surface area (Å²) in [6, 6.07) is 2.75. The first-order valence-corrected chi connectivity index (χ1v) is 7.83.